The first-order chi connectivity index (χ1) is 8.22. The summed E-state index contributed by atoms with van der Waals surface area (Å²) in [5, 5.41) is 4.09. The number of unbranched alkanes of at least 4 members (excludes halogenated alkanes) is 1. The second-order valence-electron chi connectivity index (χ2n) is 4.15. The van der Waals surface area contributed by atoms with Crippen LogP contribution in [0.5, 0.6) is 0 Å². The molecule has 0 atom stereocenters. The van der Waals surface area contributed by atoms with Gasteiger partial charge in [0.1, 0.15) is 0 Å². The standard InChI is InChI=1S/C14H20N2O/c1-3-4-10-14(17)16-15-12(2)11-13-8-6-5-7-9-13/h5-9H,3-4,10-11H2,1-2H3,(H,16,17)/b15-12+. The highest BCUT2D eigenvalue weighted by Crippen LogP contribution is 2.00. The number of amides is 1. The molecule has 0 bridgehead atoms. The minimum Gasteiger partial charge on any atom is -0.273 e. The zero-order chi connectivity index (χ0) is 12.5. The van der Waals surface area contributed by atoms with Crippen LogP contribution in [0.15, 0.2) is 35.4 Å². The molecule has 1 aromatic rings. The van der Waals surface area contributed by atoms with E-state index in [1.807, 2.05) is 25.1 Å². The van der Waals surface area contributed by atoms with Gasteiger partial charge in [0.15, 0.2) is 0 Å². The van der Waals surface area contributed by atoms with Gasteiger partial charge in [-0.1, -0.05) is 43.7 Å². The average Bonchev–Trinajstić information content (AvgIpc) is 2.35. The van der Waals surface area contributed by atoms with Crippen molar-refractivity contribution < 1.29 is 4.79 Å². The first-order valence-corrected chi connectivity index (χ1v) is 6.08. The predicted molar refractivity (Wildman–Crippen MR) is 70.9 cm³/mol. The van der Waals surface area contributed by atoms with Crippen molar-refractivity contribution in [2.24, 2.45) is 5.10 Å². The van der Waals surface area contributed by atoms with Crippen LogP contribution < -0.4 is 5.43 Å². The lowest BCUT2D eigenvalue weighted by molar-refractivity contribution is -0.121. The summed E-state index contributed by atoms with van der Waals surface area (Å²) in [6.07, 6.45) is 3.27. The average molecular weight is 232 g/mol. The van der Waals surface area contributed by atoms with Crippen molar-refractivity contribution in [1.82, 2.24) is 5.43 Å². The van der Waals surface area contributed by atoms with E-state index in [-0.39, 0.29) is 5.91 Å². The first kappa shape index (κ1) is 13.4. The Morgan fingerprint density at radius 3 is 2.65 bits per heavy atom. The van der Waals surface area contributed by atoms with Crippen LogP contribution in [0.2, 0.25) is 0 Å². The summed E-state index contributed by atoms with van der Waals surface area (Å²) in [5.41, 5.74) is 4.71. The van der Waals surface area contributed by atoms with Crippen LogP contribution >= 0.6 is 0 Å². The number of rotatable bonds is 6. The summed E-state index contributed by atoms with van der Waals surface area (Å²) < 4.78 is 0. The number of nitrogens with one attached hydrogen (secondary N) is 1. The highest BCUT2D eigenvalue weighted by Gasteiger charge is 1.99. The Bertz CT molecular complexity index is 371. The van der Waals surface area contributed by atoms with Crippen molar-refractivity contribution in [1.29, 1.82) is 0 Å². The zero-order valence-corrected chi connectivity index (χ0v) is 10.6. The predicted octanol–water partition coefficient (Wildman–Crippen LogP) is 2.91. The van der Waals surface area contributed by atoms with Gasteiger partial charge in [0.05, 0.1) is 0 Å². The van der Waals surface area contributed by atoms with Crippen molar-refractivity contribution in [3.8, 4) is 0 Å². The van der Waals surface area contributed by atoms with Gasteiger partial charge in [0, 0.05) is 18.6 Å². The summed E-state index contributed by atoms with van der Waals surface area (Å²) in [7, 11) is 0. The molecule has 1 rings (SSSR count). The Morgan fingerprint density at radius 2 is 2.00 bits per heavy atom. The van der Waals surface area contributed by atoms with Crippen LogP contribution in [0.3, 0.4) is 0 Å². The molecule has 0 saturated heterocycles. The van der Waals surface area contributed by atoms with E-state index in [9.17, 15) is 4.79 Å². The van der Waals surface area contributed by atoms with E-state index in [0.717, 1.165) is 25.0 Å². The van der Waals surface area contributed by atoms with Gasteiger partial charge in [-0.25, -0.2) is 5.43 Å². The van der Waals surface area contributed by atoms with Crippen LogP contribution in [-0.4, -0.2) is 11.6 Å². The van der Waals surface area contributed by atoms with E-state index in [0.29, 0.717) is 6.42 Å². The van der Waals surface area contributed by atoms with Crippen LogP contribution in [-0.2, 0) is 11.2 Å². The second kappa shape index (κ2) is 7.60. The molecule has 1 N–H and O–H groups in total. The molecule has 92 valence electrons. The summed E-state index contributed by atoms with van der Waals surface area (Å²) in [6, 6.07) is 10.1. The molecule has 3 nitrogen and oxygen atoms in total. The highest BCUT2D eigenvalue weighted by atomic mass is 16.2. The Balaban J connectivity index is 2.37. The molecular formula is C14H20N2O. The lowest BCUT2D eigenvalue weighted by Crippen LogP contribution is -2.19. The van der Waals surface area contributed by atoms with Crippen LogP contribution in [0.4, 0.5) is 0 Å². The van der Waals surface area contributed by atoms with Crippen molar-refractivity contribution in [3.05, 3.63) is 35.9 Å². The van der Waals surface area contributed by atoms with Gasteiger partial charge in [0.2, 0.25) is 5.91 Å². The minimum absolute atomic E-state index is 0.000684. The normalized spacial score (nSPS) is 11.3. The van der Waals surface area contributed by atoms with Crippen LogP contribution in [0.25, 0.3) is 0 Å². The van der Waals surface area contributed by atoms with E-state index in [1.165, 1.54) is 5.56 Å². The van der Waals surface area contributed by atoms with Crippen molar-refractivity contribution in [2.75, 3.05) is 0 Å². The van der Waals surface area contributed by atoms with Gasteiger partial charge < -0.3 is 0 Å². The highest BCUT2D eigenvalue weighted by molar-refractivity contribution is 5.86. The first-order valence-electron chi connectivity index (χ1n) is 6.08. The maximum absolute atomic E-state index is 11.3. The van der Waals surface area contributed by atoms with Gasteiger partial charge >= 0.3 is 0 Å². The van der Waals surface area contributed by atoms with Gasteiger partial charge in [-0.3, -0.25) is 4.79 Å². The number of benzene rings is 1. The number of hydrazone groups is 1. The van der Waals surface area contributed by atoms with Crippen molar-refractivity contribution in [2.45, 2.75) is 39.5 Å². The Labute approximate surface area is 103 Å². The molecule has 0 aliphatic heterocycles. The Morgan fingerprint density at radius 1 is 1.29 bits per heavy atom. The number of hydrogen-bond donors (Lipinski definition) is 1. The van der Waals surface area contributed by atoms with E-state index in [2.05, 4.69) is 29.6 Å². The van der Waals surface area contributed by atoms with Crippen LogP contribution in [0.1, 0.15) is 38.7 Å². The molecule has 0 aromatic heterocycles. The maximum atomic E-state index is 11.3. The molecule has 0 radical (unpaired) electrons. The smallest absolute Gasteiger partial charge is 0.240 e. The molecule has 0 spiro atoms. The minimum atomic E-state index is -0.000684. The van der Waals surface area contributed by atoms with E-state index in [4.69, 9.17) is 0 Å². The molecule has 0 aliphatic rings. The number of carbonyl (C=O) groups excluding carboxylic acids is 1. The Hall–Kier alpha value is -1.64. The van der Waals surface area contributed by atoms with Gasteiger partial charge in [0.25, 0.3) is 0 Å². The molecule has 17 heavy (non-hydrogen) atoms. The number of hydrogen-bond acceptors (Lipinski definition) is 2. The molecular weight excluding hydrogens is 212 g/mol. The third-order valence-corrected chi connectivity index (χ3v) is 2.43. The molecule has 0 heterocycles. The van der Waals surface area contributed by atoms with Gasteiger partial charge in [-0.05, 0) is 18.9 Å². The summed E-state index contributed by atoms with van der Waals surface area (Å²) in [6.45, 7) is 3.99. The molecule has 0 fully saturated rings. The molecule has 0 saturated carbocycles. The van der Waals surface area contributed by atoms with E-state index >= 15 is 0 Å². The monoisotopic (exact) mass is 232 g/mol. The quantitative estimate of drug-likeness (QED) is 0.594. The van der Waals surface area contributed by atoms with Gasteiger partial charge in [-0.2, -0.15) is 5.10 Å². The number of carbonyl (C=O) groups is 1. The fraction of sp³-hybridized carbons (Fsp3) is 0.429. The lowest BCUT2D eigenvalue weighted by atomic mass is 10.1. The molecule has 0 aliphatic carbocycles. The fourth-order valence-corrected chi connectivity index (χ4v) is 1.48. The lowest BCUT2D eigenvalue weighted by Gasteiger charge is -2.02. The van der Waals surface area contributed by atoms with E-state index < -0.39 is 0 Å². The second-order valence-corrected chi connectivity index (χ2v) is 4.15. The third-order valence-electron chi connectivity index (χ3n) is 2.43. The molecule has 0 unspecified atom stereocenters. The van der Waals surface area contributed by atoms with E-state index in [1.54, 1.807) is 0 Å². The Kier molecular flexibility index (Phi) is 6.00. The van der Waals surface area contributed by atoms with Gasteiger partial charge in [-0.15, -0.1) is 0 Å². The zero-order valence-electron chi connectivity index (χ0n) is 10.6. The van der Waals surface area contributed by atoms with Crippen LogP contribution in [0, 0.1) is 0 Å². The summed E-state index contributed by atoms with van der Waals surface area (Å²) >= 11 is 0. The summed E-state index contributed by atoms with van der Waals surface area (Å²) in [4.78, 5) is 11.3. The fourth-order valence-electron chi connectivity index (χ4n) is 1.48. The van der Waals surface area contributed by atoms with Crippen molar-refractivity contribution in [3.63, 3.8) is 0 Å². The maximum Gasteiger partial charge on any atom is 0.240 e. The number of nitrogens with zero attached hydrogens (tertiary/aromatic N) is 1. The molecule has 1 aromatic carbocycles. The van der Waals surface area contributed by atoms with Crippen molar-refractivity contribution >= 4 is 11.6 Å². The topological polar surface area (TPSA) is 41.5 Å². The largest absolute Gasteiger partial charge is 0.273 e. The third kappa shape index (κ3) is 5.85. The molecule has 1 amide bonds. The summed E-state index contributed by atoms with van der Waals surface area (Å²) in [5.74, 6) is -0.000684. The molecule has 3 heteroatoms. The SMILES string of the molecule is CCCCC(=O)N/N=C(\C)Cc1ccccc1.